The van der Waals surface area contributed by atoms with Crippen LogP contribution in [0.15, 0.2) is 18.2 Å². The van der Waals surface area contributed by atoms with Crippen molar-refractivity contribution in [1.29, 1.82) is 0 Å². The van der Waals surface area contributed by atoms with Crippen molar-refractivity contribution >= 4 is 5.97 Å². The van der Waals surface area contributed by atoms with Crippen LogP contribution in [0.3, 0.4) is 0 Å². The number of halogens is 1. The molecule has 0 radical (unpaired) electrons. The van der Waals surface area contributed by atoms with Gasteiger partial charge in [-0.2, -0.15) is 0 Å². The van der Waals surface area contributed by atoms with Gasteiger partial charge in [0.15, 0.2) is 0 Å². The monoisotopic (exact) mass is 238 g/mol. The highest BCUT2D eigenvalue weighted by Gasteiger charge is 2.46. The van der Waals surface area contributed by atoms with E-state index in [2.05, 4.69) is 0 Å². The standard InChI is InChI=1S/C13H15FO3/c1-8-4-11(14)3-2-9(8)5-13(17)6-10(7-13)12(15)16/h2-4,10,17H,5-7H2,1H3,(H,15,16). The summed E-state index contributed by atoms with van der Waals surface area (Å²) in [4.78, 5) is 10.7. The fraction of sp³-hybridized carbons (Fsp3) is 0.462. The number of hydrogen-bond acceptors (Lipinski definition) is 2. The zero-order valence-electron chi connectivity index (χ0n) is 9.61. The molecule has 2 rings (SSSR count). The summed E-state index contributed by atoms with van der Waals surface area (Å²) in [6.07, 6.45) is 0.946. The smallest absolute Gasteiger partial charge is 0.306 e. The summed E-state index contributed by atoms with van der Waals surface area (Å²) in [7, 11) is 0. The van der Waals surface area contributed by atoms with Crippen LogP contribution in [0, 0.1) is 18.7 Å². The van der Waals surface area contributed by atoms with Crippen molar-refractivity contribution in [3.05, 3.63) is 35.1 Å². The Hall–Kier alpha value is -1.42. The highest BCUT2D eigenvalue weighted by molar-refractivity contribution is 5.71. The molecule has 2 N–H and O–H groups in total. The second kappa shape index (κ2) is 4.11. The predicted octanol–water partition coefficient (Wildman–Crippen LogP) is 1.90. The van der Waals surface area contributed by atoms with E-state index in [1.807, 2.05) is 0 Å². The summed E-state index contributed by atoms with van der Waals surface area (Å²) in [5.74, 6) is -1.60. The van der Waals surface area contributed by atoms with Gasteiger partial charge in [-0.25, -0.2) is 4.39 Å². The Bertz CT molecular complexity index is 450. The molecular formula is C13H15FO3. The van der Waals surface area contributed by atoms with Gasteiger partial charge >= 0.3 is 5.97 Å². The molecule has 92 valence electrons. The summed E-state index contributed by atoms with van der Waals surface area (Å²) >= 11 is 0. The second-order valence-corrected chi connectivity index (χ2v) is 4.92. The van der Waals surface area contributed by atoms with Crippen molar-refractivity contribution in [2.45, 2.75) is 31.8 Å². The second-order valence-electron chi connectivity index (χ2n) is 4.92. The molecule has 1 aliphatic rings. The zero-order valence-corrected chi connectivity index (χ0v) is 9.61. The van der Waals surface area contributed by atoms with Gasteiger partial charge < -0.3 is 10.2 Å². The Morgan fingerprint density at radius 2 is 2.18 bits per heavy atom. The molecule has 1 aliphatic carbocycles. The number of rotatable bonds is 3. The molecule has 0 unspecified atom stereocenters. The fourth-order valence-electron chi connectivity index (χ4n) is 2.39. The maximum absolute atomic E-state index is 12.9. The largest absolute Gasteiger partial charge is 0.481 e. The Morgan fingerprint density at radius 1 is 1.53 bits per heavy atom. The van der Waals surface area contributed by atoms with E-state index >= 15 is 0 Å². The number of hydrogen-bond donors (Lipinski definition) is 2. The van der Waals surface area contributed by atoms with Gasteiger partial charge in [-0.3, -0.25) is 4.79 Å². The van der Waals surface area contributed by atoms with Gasteiger partial charge in [0.1, 0.15) is 5.82 Å². The van der Waals surface area contributed by atoms with Gasteiger partial charge in [0, 0.05) is 6.42 Å². The minimum Gasteiger partial charge on any atom is -0.481 e. The minimum absolute atomic E-state index is 0.277. The number of aliphatic carboxylic acids is 1. The Kier molecular flexibility index (Phi) is 2.91. The van der Waals surface area contributed by atoms with Crippen LogP contribution in [0.25, 0.3) is 0 Å². The molecule has 1 fully saturated rings. The summed E-state index contributed by atoms with van der Waals surface area (Å²) in [5.41, 5.74) is 0.723. The fourth-order valence-corrected chi connectivity index (χ4v) is 2.39. The van der Waals surface area contributed by atoms with E-state index in [0.717, 1.165) is 11.1 Å². The zero-order chi connectivity index (χ0) is 12.6. The van der Waals surface area contributed by atoms with E-state index in [-0.39, 0.29) is 18.7 Å². The van der Waals surface area contributed by atoms with Crippen LogP contribution in [-0.2, 0) is 11.2 Å². The summed E-state index contributed by atoms with van der Waals surface area (Å²) in [6.45, 7) is 1.79. The van der Waals surface area contributed by atoms with Crippen LogP contribution < -0.4 is 0 Å². The van der Waals surface area contributed by atoms with Crippen LogP contribution in [0.1, 0.15) is 24.0 Å². The number of carboxylic acids is 1. The van der Waals surface area contributed by atoms with E-state index in [4.69, 9.17) is 5.11 Å². The molecule has 1 saturated carbocycles. The number of carbonyl (C=O) groups is 1. The molecule has 1 aromatic carbocycles. The molecule has 0 aliphatic heterocycles. The van der Waals surface area contributed by atoms with Crippen molar-refractivity contribution in [1.82, 2.24) is 0 Å². The third-order valence-electron chi connectivity index (χ3n) is 3.43. The normalized spacial score (nSPS) is 27.6. The number of carboxylic acid groups (broad SMARTS) is 1. The maximum atomic E-state index is 12.9. The van der Waals surface area contributed by atoms with E-state index in [0.29, 0.717) is 6.42 Å². The molecule has 0 amide bonds. The number of aryl methyl sites for hydroxylation is 1. The molecule has 3 nitrogen and oxygen atoms in total. The lowest BCUT2D eigenvalue weighted by Gasteiger charge is -2.41. The van der Waals surface area contributed by atoms with Crippen LogP contribution in [0.5, 0.6) is 0 Å². The van der Waals surface area contributed by atoms with Crippen LogP contribution in [0.4, 0.5) is 4.39 Å². The first kappa shape index (κ1) is 12.0. The summed E-state index contributed by atoms with van der Waals surface area (Å²) < 4.78 is 12.9. The first-order chi connectivity index (χ1) is 7.89. The third kappa shape index (κ3) is 2.47. The van der Waals surface area contributed by atoms with Gasteiger partial charge in [-0.1, -0.05) is 6.07 Å². The molecule has 4 heteroatoms. The van der Waals surface area contributed by atoms with Crippen molar-refractivity contribution in [3.63, 3.8) is 0 Å². The Labute approximate surface area is 98.9 Å². The highest BCUT2D eigenvalue weighted by Crippen LogP contribution is 2.40. The average molecular weight is 238 g/mol. The maximum Gasteiger partial charge on any atom is 0.306 e. The summed E-state index contributed by atoms with van der Waals surface area (Å²) in [6, 6.07) is 4.43. The van der Waals surface area contributed by atoms with Crippen molar-refractivity contribution in [3.8, 4) is 0 Å². The average Bonchev–Trinajstić information content (AvgIpc) is 2.18. The lowest BCUT2D eigenvalue weighted by atomic mass is 9.68. The lowest BCUT2D eigenvalue weighted by Crippen LogP contribution is -2.48. The molecule has 0 saturated heterocycles. The quantitative estimate of drug-likeness (QED) is 0.845. The molecule has 0 bridgehead atoms. The van der Waals surface area contributed by atoms with Gasteiger partial charge in [0.05, 0.1) is 11.5 Å². The van der Waals surface area contributed by atoms with Crippen molar-refractivity contribution < 1.29 is 19.4 Å². The van der Waals surface area contributed by atoms with Crippen LogP contribution in [-0.4, -0.2) is 21.8 Å². The van der Waals surface area contributed by atoms with Crippen molar-refractivity contribution in [2.24, 2.45) is 5.92 Å². The highest BCUT2D eigenvalue weighted by atomic mass is 19.1. The van der Waals surface area contributed by atoms with Gasteiger partial charge in [-0.15, -0.1) is 0 Å². The molecule has 0 spiro atoms. The summed E-state index contributed by atoms with van der Waals surface area (Å²) in [5, 5.41) is 18.9. The third-order valence-corrected chi connectivity index (χ3v) is 3.43. The topological polar surface area (TPSA) is 57.5 Å². The molecule has 17 heavy (non-hydrogen) atoms. The molecular weight excluding hydrogens is 223 g/mol. The van der Waals surface area contributed by atoms with Gasteiger partial charge in [-0.05, 0) is 43.0 Å². The lowest BCUT2D eigenvalue weighted by molar-refractivity contribution is -0.158. The molecule has 1 aromatic rings. The molecule has 0 aromatic heterocycles. The first-order valence-corrected chi connectivity index (χ1v) is 5.60. The van der Waals surface area contributed by atoms with E-state index < -0.39 is 17.5 Å². The molecule has 0 atom stereocenters. The first-order valence-electron chi connectivity index (χ1n) is 5.60. The number of aliphatic hydroxyl groups is 1. The molecule has 0 heterocycles. The minimum atomic E-state index is -0.939. The van der Waals surface area contributed by atoms with E-state index in [1.165, 1.54) is 12.1 Å². The number of benzene rings is 1. The van der Waals surface area contributed by atoms with Gasteiger partial charge in [0.25, 0.3) is 0 Å². The Morgan fingerprint density at radius 3 is 2.71 bits per heavy atom. The van der Waals surface area contributed by atoms with Crippen LogP contribution >= 0.6 is 0 Å². The van der Waals surface area contributed by atoms with E-state index in [9.17, 15) is 14.3 Å². The Balaban J connectivity index is 2.05. The van der Waals surface area contributed by atoms with Gasteiger partial charge in [0.2, 0.25) is 0 Å². The SMILES string of the molecule is Cc1cc(F)ccc1CC1(O)CC(C(=O)O)C1. The van der Waals surface area contributed by atoms with Crippen LogP contribution in [0.2, 0.25) is 0 Å². The van der Waals surface area contributed by atoms with Crippen molar-refractivity contribution in [2.75, 3.05) is 0 Å². The van der Waals surface area contributed by atoms with E-state index in [1.54, 1.807) is 13.0 Å². The predicted molar refractivity (Wildman–Crippen MR) is 60.2 cm³/mol.